The second kappa shape index (κ2) is 41.7. The van der Waals surface area contributed by atoms with Gasteiger partial charge in [-0.2, -0.15) is 28.6 Å². The van der Waals surface area contributed by atoms with Gasteiger partial charge in [-0.15, -0.1) is 0 Å². The second-order valence-electron chi connectivity index (χ2n) is 30.4. The predicted molar refractivity (Wildman–Crippen MR) is 480 cm³/mol. The van der Waals surface area contributed by atoms with E-state index in [1.54, 1.807) is 65.4 Å². The van der Waals surface area contributed by atoms with Crippen LogP contribution in [0.5, 0.6) is 11.5 Å². The molecule has 26 nitrogen and oxygen atoms in total. The molecule has 9 aromatic rings. The average Bonchev–Trinajstić information content (AvgIpc) is 1.76. The lowest BCUT2D eigenvalue weighted by Gasteiger charge is -2.43. The van der Waals surface area contributed by atoms with Crippen LogP contribution in [0.15, 0.2) is 123 Å². The Bertz CT molecular complexity index is 4900. The van der Waals surface area contributed by atoms with Crippen LogP contribution in [0.4, 0.5) is 51.7 Å². The Kier molecular flexibility index (Phi) is 33.2. The number of aromatic nitrogens is 8. The Morgan fingerprint density at radius 2 is 1.00 bits per heavy atom. The number of aliphatic hydroxyl groups excluding tert-OH is 1. The number of aryl methyl sites for hydroxylation is 7. The van der Waals surface area contributed by atoms with Gasteiger partial charge in [0.2, 0.25) is 11.2 Å². The fourth-order valence-electron chi connectivity index (χ4n) is 14.2. The molecule has 8 heterocycles. The van der Waals surface area contributed by atoms with E-state index in [9.17, 15) is 17.5 Å². The minimum absolute atomic E-state index is 0.0666. The molecule has 0 spiro atoms. The van der Waals surface area contributed by atoms with Crippen LogP contribution in [0.2, 0.25) is 5.28 Å². The minimum Gasteiger partial charge on any atom is -0.495 e. The SMILES string of the molecule is CCCCO.CCc1cc(N)c(OC)cc1N1CCC(N2CCN(C)CC2)CC1.CCc1cc(Nc2ncc(Br)c(Nc3ccc(-c4cc(C)n(C)n4)cc3P(C)(C)=O)n2)c(OC)cc1N1CCC(N2CCN(C)CC2)CC1.Cc1cc(-c2ccc(Nc3nc(Cl)ncc3Br)c(P(C)(C)=O)c2)nn1C.Cc1ccc(S(=O)(=O)O)cc1. The number of unbranched alkanes of at least 4 members (excludes halogenated alkanes) is 1. The number of benzene rings is 5. The third kappa shape index (κ3) is 25.3. The van der Waals surface area contributed by atoms with Crippen molar-refractivity contribution in [3.05, 3.63) is 152 Å². The van der Waals surface area contributed by atoms with Crippen LogP contribution in [0.25, 0.3) is 22.5 Å². The van der Waals surface area contributed by atoms with Crippen molar-refractivity contribution in [2.75, 3.05) is 172 Å². The first-order valence-corrected chi connectivity index (χ1v) is 47.8. The number of nitrogens with two attached hydrogens (primary N) is 1. The maximum Gasteiger partial charge on any atom is 0.294 e. The minimum atomic E-state index is -4.02. The van der Waals surface area contributed by atoms with Crippen LogP contribution in [-0.4, -0.2) is 229 Å². The molecule has 32 heteroatoms. The molecule has 624 valence electrons. The standard InChI is InChI=1S/C36H49BrN9O2P.C19H32N4O.C17H18BrClN5OP.C7H8O3S.C4H10O/c1-8-25-20-31(33(48-5)22-32(25)46-13-11-27(12-14-46)45-17-15-43(3)16-18-45)40-36-38-23-28(37)35(41-36)39-29-10-9-26(21-34(29)49(6,7)47)30-19-24(2)44(4)42-30;1-4-15-13-17(20)19(24-3)14-18(15)23-7-5-16(6-8-23)22-11-9-21(2)10-12-22;1-10-7-14(23-24(10)2)11-5-6-13(15(8-11)26(3,4)25)21-16-12(18)9-20-17(19)22-16;1-6-2-4-7(5-3-6)11(8,9)10;1-2-3-4-5/h9-10,19-23,27H,8,11-18H2,1-7H3,(H2,38,39,40,41);13-14,16H,4-12,20H2,1-3H3;5-9H,1-4H3,(H,20,21,22);2-5H,1H3,(H,8,9,10);5H,2-4H2,1H3. The molecule has 0 atom stereocenters. The third-order valence-electron chi connectivity index (χ3n) is 21.3. The molecular weight excluding hydrogens is 1670 g/mol. The van der Waals surface area contributed by atoms with E-state index < -0.39 is 24.4 Å². The van der Waals surface area contributed by atoms with E-state index in [1.807, 2.05) is 92.8 Å². The highest BCUT2D eigenvalue weighted by Crippen LogP contribution is 2.44. The van der Waals surface area contributed by atoms with Gasteiger partial charge in [0.05, 0.1) is 62.2 Å². The lowest BCUT2D eigenvalue weighted by atomic mass is 9.99. The van der Waals surface area contributed by atoms with Crippen LogP contribution >= 0.6 is 57.7 Å². The largest absolute Gasteiger partial charge is 0.495 e. The van der Waals surface area contributed by atoms with E-state index in [2.05, 4.69) is 161 Å². The highest BCUT2D eigenvalue weighted by Gasteiger charge is 2.31. The molecule has 13 rings (SSSR count). The summed E-state index contributed by atoms with van der Waals surface area (Å²) in [6.07, 6.45) is 12.1. The Balaban J connectivity index is 0.000000192. The van der Waals surface area contributed by atoms with Crippen molar-refractivity contribution in [2.24, 2.45) is 14.1 Å². The Labute approximate surface area is 702 Å². The Morgan fingerprint density at radius 1 is 0.565 bits per heavy atom. The highest BCUT2D eigenvalue weighted by atomic mass is 79.9. The van der Waals surface area contributed by atoms with Crippen LogP contribution in [-0.2, 0) is 46.2 Å². The van der Waals surface area contributed by atoms with Gasteiger partial charge in [-0.05, 0) is 222 Å². The molecule has 4 fully saturated rings. The molecule has 4 saturated heterocycles. The molecular formula is C83H117Br2ClN18O8P2S. The first kappa shape index (κ1) is 91.4. The lowest BCUT2D eigenvalue weighted by Crippen LogP contribution is -2.52. The summed E-state index contributed by atoms with van der Waals surface area (Å²) in [7, 11) is 2.41. The summed E-state index contributed by atoms with van der Waals surface area (Å²) in [6.45, 7) is 33.5. The molecule has 0 saturated carbocycles. The molecule has 0 radical (unpaired) electrons. The van der Waals surface area contributed by atoms with Gasteiger partial charge in [-0.25, -0.2) is 9.97 Å². The number of piperazine rings is 2. The second-order valence-corrected chi connectivity index (χ2v) is 40.3. The third-order valence-corrected chi connectivity index (χ3v) is 26.6. The monoisotopic (exact) mass is 1780 g/mol. The van der Waals surface area contributed by atoms with Gasteiger partial charge in [-0.3, -0.25) is 23.7 Å². The Morgan fingerprint density at radius 3 is 1.39 bits per heavy atom. The summed E-state index contributed by atoms with van der Waals surface area (Å²) in [6, 6.07) is 31.6. The molecule has 4 aliphatic rings. The summed E-state index contributed by atoms with van der Waals surface area (Å²) < 4.78 is 72.3. The fourth-order valence-corrected chi connectivity index (χ4v) is 17.8. The van der Waals surface area contributed by atoms with Gasteiger partial charge >= 0.3 is 0 Å². The van der Waals surface area contributed by atoms with Crippen molar-refractivity contribution in [1.82, 2.24) is 59.1 Å². The summed E-state index contributed by atoms with van der Waals surface area (Å²) in [4.78, 5) is 32.7. The van der Waals surface area contributed by atoms with Gasteiger partial charge < -0.3 is 65.0 Å². The average molecular weight is 1780 g/mol. The number of ether oxygens (including phenoxy) is 2. The van der Waals surface area contributed by atoms with E-state index in [-0.39, 0.29) is 10.2 Å². The Hall–Kier alpha value is -7.50. The van der Waals surface area contributed by atoms with E-state index in [1.165, 1.54) is 99.6 Å². The normalized spacial score (nSPS) is 15.6. The summed E-state index contributed by atoms with van der Waals surface area (Å²) in [5, 5.41) is 28.8. The summed E-state index contributed by atoms with van der Waals surface area (Å²) >= 11 is 12.9. The van der Waals surface area contributed by atoms with E-state index in [4.69, 9.17) is 41.5 Å². The quantitative estimate of drug-likeness (QED) is 0.0169. The van der Waals surface area contributed by atoms with Crippen molar-refractivity contribution in [2.45, 2.75) is 110 Å². The zero-order valence-electron chi connectivity index (χ0n) is 69.5. The number of likely N-dealkylation sites (N-methyl/N-ethyl adjacent to an activating group) is 2. The molecule has 0 unspecified atom stereocenters. The molecule has 4 aliphatic heterocycles. The topological polar surface area (TPSA) is 296 Å². The molecule has 115 heavy (non-hydrogen) atoms. The van der Waals surface area contributed by atoms with Gasteiger partial charge in [0.25, 0.3) is 10.1 Å². The van der Waals surface area contributed by atoms with Crippen molar-refractivity contribution in [3.8, 4) is 34.0 Å². The lowest BCUT2D eigenvalue weighted by molar-refractivity contribution is 0.0982. The smallest absolute Gasteiger partial charge is 0.294 e. The van der Waals surface area contributed by atoms with Gasteiger partial charge in [0.15, 0.2) is 0 Å². The number of methoxy groups -OCH3 is 2. The molecule has 7 N–H and O–H groups in total. The van der Waals surface area contributed by atoms with Crippen LogP contribution < -0.4 is 51.6 Å². The number of rotatable bonds is 21. The number of nitrogen functional groups attached to an aromatic ring is 1. The number of anilines is 9. The molecule has 4 aromatic heterocycles. The number of aliphatic hydroxyl groups is 1. The zero-order chi connectivity index (χ0) is 83.6. The van der Waals surface area contributed by atoms with Gasteiger partial charge in [0.1, 0.15) is 37.4 Å². The van der Waals surface area contributed by atoms with Gasteiger partial charge in [-0.1, -0.05) is 57.0 Å². The number of hydrogen-bond donors (Lipinski definition) is 6. The van der Waals surface area contributed by atoms with E-state index in [0.29, 0.717) is 44.9 Å². The molecule has 0 amide bonds. The fraction of sp³-hybridized carbons (Fsp3) is 0.470. The van der Waals surface area contributed by atoms with Crippen molar-refractivity contribution < 1.29 is 36.7 Å². The summed E-state index contributed by atoms with van der Waals surface area (Å²) in [5.41, 5.74) is 20.8. The van der Waals surface area contributed by atoms with E-state index >= 15 is 0 Å². The maximum atomic E-state index is 13.5. The number of halogens is 3. The predicted octanol–water partition coefficient (Wildman–Crippen LogP) is 15.1. The van der Waals surface area contributed by atoms with Crippen LogP contribution in [0.3, 0.4) is 0 Å². The summed E-state index contributed by atoms with van der Waals surface area (Å²) in [5.74, 6) is 3.03. The number of nitrogens with one attached hydrogen (secondary N) is 3. The number of nitrogens with zero attached hydrogens (tertiary/aromatic N) is 14. The first-order valence-electron chi connectivity index (χ1n) is 39.2. The molecule has 0 bridgehead atoms. The van der Waals surface area contributed by atoms with Crippen molar-refractivity contribution in [1.29, 1.82) is 0 Å². The van der Waals surface area contributed by atoms with Crippen molar-refractivity contribution in [3.63, 3.8) is 0 Å². The maximum absolute atomic E-state index is 13.5. The molecule has 5 aromatic carbocycles. The van der Waals surface area contributed by atoms with Crippen molar-refractivity contribution >= 4 is 130 Å². The van der Waals surface area contributed by atoms with Gasteiger partial charge in [0, 0.05) is 180 Å². The highest BCUT2D eigenvalue weighted by molar-refractivity contribution is 9.11. The van der Waals surface area contributed by atoms with Crippen LogP contribution in [0, 0.1) is 20.8 Å². The number of piperidine rings is 2. The van der Waals surface area contributed by atoms with Crippen LogP contribution in [0.1, 0.15) is 87.4 Å². The van der Waals surface area contributed by atoms with E-state index in [0.717, 1.165) is 150 Å². The zero-order valence-corrected chi connectivity index (χ0v) is 76.0. The first-order chi connectivity index (χ1) is 54.6. The molecule has 0 aliphatic carbocycles. The number of hydrogen-bond acceptors (Lipinski definition) is 23.